The number of nitrogens with zero attached hydrogens (tertiary/aromatic N) is 1. The van der Waals surface area contributed by atoms with Crippen LogP contribution >= 0.6 is 0 Å². The van der Waals surface area contributed by atoms with E-state index in [1.54, 1.807) is 4.90 Å². The van der Waals surface area contributed by atoms with Crippen LogP contribution in [0.25, 0.3) is 0 Å². The third-order valence-corrected chi connectivity index (χ3v) is 6.84. The molecule has 5 fully saturated rings. The maximum atomic E-state index is 12.8. The molecule has 6 nitrogen and oxygen atoms in total. The Morgan fingerprint density at radius 3 is 2.24 bits per heavy atom. The predicted molar refractivity (Wildman–Crippen MR) is 91.9 cm³/mol. The van der Waals surface area contributed by atoms with Crippen molar-refractivity contribution in [3.8, 4) is 0 Å². The van der Waals surface area contributed by atoms with E-state index in [2.05, 4.69) is 10.9 Å². The van der Waals surface area contributed by atoms with E-state index in [9.17, 15) is 14.4 Å². The van der Waals surface area contributed by atoms with Crippen LogP contribution in [0.4, 0.5) is 0 Å². The molecule has 0 atom stereocenters. The van der Waals surface area contributed by atoms with Gasteiger partial charge in [-0.2, -0.15) is 0 Å². The Kier molecular flexibility index (Phi) is 4.46. The molecule has 4 aliphatic carbocycles. The van der Waals surface area contributed by atoms with Gasteiger partial charge in [0.05, 0.1) is 5.41 Å². The number of carbonyl (C=O) groups excluding carboxylic acids is 3. The molecule has 4 bridgehead atoms. The Bertz CT molecular complexity index is 539. The topological polar surface area (TPSA) is 78.5 Å². The fourth-order valence-corrected chi connectivity index (χ4v) is 6.07. The van der Waals surface area contributed by atoms with Crippen molar-refractivity contribution < 1.29 is 14.4 Å². The van der Waals surface area contributed by atoms with Gasteiger partial charge in [0.15, 0.2) is 0 Å². The van der Waals surface area contributed by atoms with Gasteiger partial charge >= 0.3 is 0 Å². The van der Waals surface area contributed by atoms with Gasteiger partial charge in [0, 0.05) is 13.0 Å². The second-order valence-electron chi connectivity index (χ2n) is 8.83. The lowest BCUT2D eigenvalue weighted by molar-refractivity contribution is -0.149. The quantitative estimate of drug-likeness (QED) is 0.764. The predicted octanol–water partition coefficient (Wildman–Crippen LogP) is 1.75. The molecule has 1 aliphatic heterocycles. The first-order valence-corrected chi connectivity index (χ1v) is 9.91. The number of hydrogen-bond donors (Lipinski definition) is 2. The number of rotatable bonds is 3. The Balaban J connectivity index is 1.30. The van der Waals surface area contributed by atoms with E-state index in [0.29, 0.717) is 30.7 Å². The molecule has 25 heavy (non-hydrogen) atoms. The van der Waals surface area contributed by atoms with Crippen molar-refractivity contribution in [1.82, 2.24) is 15.8 Å². The number of hydrazine groups is 1. The van der Waals surface area contributed by atoms with Crippen LogP contribution in [0, 0.1) is 23.2 Å². The standard InChI is InChI=1S/C19H29N3O3/c23-16(12-22-5-3-1-2-4-17(22)24)20-21-18(25)19-9-13-6-14(10-19)8-15(7-13)11-19/h13-15H,1-12H2,(H,20,23)(H,21,25). The zero-order chi connectivity index (χ0) is 17.4. The first kappa shape index (κ1) is 16.9. The molecule has 2 N–H and O–H groups in total. The second kappa shape index (κ2) is 6.61. The summed E-state index contributed by atoms with van der Waals surface area (Å²) < 4.78 is 0. The van der Waals surface area contributed by atoms with Crippen molar-refractivity contribution in [2.45, 2.75) is 64.2 Å². The SMILES string of the molecule is O=C(CN1CCCCCC1=O)NNC(=O)C12CC3CC(CC(C3)C1)C2. The largest absolute Gasteiger partial charge is 0.333 e. The molecular weight excluding hydrogens is 318 g/mol. The molecule has 5 rings (SSSR count). The van der Waals surface area contributed by atoms with E-state index < -0.39 is 0 Å². The zero-order valence-corrected chi connectivity index (χ0v) is 14.9. The van der Waals surface area contributed by atoms with Gasteiger partial charge in [0.1, 0.15) is 6.54 Å². The minimum absolute atomic E-state index is 0.0119. The van der Waals surface area contributed by atoms with Gasteiger partial charge in [-0.25, -0.2) is 0 Å². The number of nitrogens with one attached hydrogen (secondary N) is 2. The summed E-state index contributed by atoms with van der Waals surface area (Å²) in [6.45, 7) is 0.676. The van der Waals surface area contributed by atoms with Crippen LogP contribution in [0.5, 0.6) is 0 Å². The monoisotopic (exact) mass is 347 g/mol. The fourth-order valence-electron chi connectivity index (χ4n) is 6.07. The van der Waals surface area contributed by atoms with Crippen LogP contribution in [0.1, 0.15) is 64.2 Å². The maximum absolute atomic E-state index is 12.8. The Morgan fingerprint density at radius 1 is 0.960 bits per heavy atom. The lowest BCUT2D eigenvalue weighted by atomic mass is 9.49. The van der Waals surface area contributed by atoms with Crippen LogP contribution in [-0.4, -0.2) is 35.7 Å². The summed E-state index contributed by atoms with van der Waals surface area (Å²) in [6, 6.07) is 0. The minimum atomic E-state index is -0.298. The van der Waals surface area contributed by atoms with Gasteiger partial charge in [-0.15, -0.1) is 0 Å². The van der Waals surface area contributed by atoms with Crippen molar-refractivity contribution in [1.29, 1.82) is 0 Å². The highest BCUT2D eigenvalue weighted by Gasteiger charge is 2.54. The molecule has 0 aromatic rings. The Labute approximate surface area is 149 Å². The molecule has 1 heterocycles. The zero-order valence-electron chi connectivity index (χ0n) is 14.9. The first-order valence-electron chi connectivity index (χ1n) is 9.91. The van der Waals surface area contributed by atoms with Crippen molar-refractivity contribution in [2.24, 2.45) is 23.2 Å². The van der Waals surface area contributed by atoms with E-state index in [1.165, 1.54) is 19.3 Å². The number of carbonyl (C=O) groups is 3. The highest BCUT2D eigenvalue weighted by molar-refractivity contribution is 5.88. The third kappa shape index (κ3) is 3.40. The van der Waals surface area contributed by atoms with Crippen molar-refractivity contribution in [2.75, 3.05) is 13.1 Å². The van der Waals surface area contributed by atoms with E-state index >= 15 is 0 Å². The highest BCUT2D eigenvalue weighted by atomic mass is 16.2. The molecule has 0 unspecified atom stereocenters. The Morgan fingerprint density at radius 2 is 1.60 bits per heavy atom. The van der Waals surface area contributed by atoms with Crippen LogP contribution in [-0.2, 0) is 14.4 Å². The molecule has 5 aliphatic rings. The van der Waals surface area contributed by atoms with Crippen LogP contribution in [0.2, 0.25) is 0 Å². The van der Waals surface area contributed by atoms with Gasteiger partial charge in [0.2, 0.25) is 11.8 Å². The molecule has 1 saturated heterocycles. The molecule has 4 saturated carbocycles. The summed E-state index contributed by atoms with van der Waals surface area (Å²) in [5, 5.41) is 0. The summed E-state index contributed by atoms with van der Waals surface area (Å²) in [6.07, 6.45) is 10.2. The number of likely N-dealkylation sites (tertiary alicyclic amines) is 1. The molecule has 0 aromatic heterocycles. The molecule has 6 heteroatoms. The molecular formula is C19H29N3O3. The molecule has 0 radical (unpaired) electrons. The van der Waals surface area contributed by atoms with Gasteiger partial charge in [-0.3, -0.25) is 25.2 Å². The third-order valence-electron chi connectivity index (χ3n) is 6.84. The summed E-state index contributed by atoms with van der Waals surface area (Å²) in [4.78, 5) is 38.6. The van der Waals surface area contributed by atoms with Gasteiger partial charge in [-0.05, 0) is 69.1 Å². The molecule has 3 amide bonds. The molecule has 0 aromatic carbocycles. The van der Waals surface area contributed by atoms with Crippen LogP contribution < -0.4 is 10.9 Å². The van der Waals surface area contributed by atoms with Crippen molar-refractivity contribution >= 4 is 17.7 Å². The summed E-state index contributed by atoms with van der Waals surface area (Å²) >= 11 is 0. The van der Waals surface area contributed by atoms with Crippen molar-refractivity contribution in [3.05, 3.63) is 0 Å². The normalized spacial score (nSPS) is 36.9. The van der Waals surface area contributed by atoms with Gasteiger partial charge in [0.25, 0.3) is 5.91 Å². The van der Waals surface area contributed by atoms with Gasteiger partial charge < -0.3 is 4.90 Å². The molecule has 138 valence electrons. The average molecular weight is 347 g/mol. The van der Waals surface area contributed by atoms with E-state index in [4.69, 9.17) is 0 Å². The average Bonchev–Trinajstić information content (AvgIpc) is 2.76. The smallest absolute Gasteiger partial charge is 0.257 e. The molecule has 0 spiro atoms. The van der Waals surface area contributed by atoms with E-state index in [0.717, 1.165) is 38.5 Å². The second-order valence-corrected chi connectivity index (χ2v) is 8.83. The lowest BCUT2D eigenvalue weighted by Gasteiger charge is -2.55. The lowest BCUT2D eigenvalue weighted by Crippen LogP contribution is -2.57. The van der Waals surface area contributed by atoms with E-state index in [1.807, 2.05) is 0 Å². The minimum Gasteiger partial charge on any atom is -0.333 e. The fraction of sp³-hybridized carbons (Fsp3) is 0.842. The van der Waals surface area contributed by atoms with Crippen molar-refractivity contribution in [3.63, 3.8) is 0 Å². The van der Waals surface area contributed by atoms with Gasteiger partial charge in [-0.1, -0.05) is 6.42 Å². The number of hydrogen-bond acceptors (Lipinski definition) is 3. The van der Waals surface area contributed by atoms with Crippen LogP contribution in [0.15, 0.2) is 0 Å². The summed E-state index contributed by atoms with van der Waals surface area (Å²) in [5.74, 6) is 1.82. The summed E-state index contributed by atoms with van der Waals surface area (Å²) in [5.41, 5.74) is 4.98. The Hall–Kier alpha value is -1.59. The van der Waals surface area contributed by atoms with Crippen LogP contribution in [0.3, 0.4) is 0 Å². The maximum Gasteiger partial charge on any atom is 0.257 e. The summed E-state index contributed by atoms with van der Waals surface area (Å²) in [7, 11) is 0. The first-order chi connectivity index (χ1) is 12.0. The number of amides is 3. The highest BCUT2D eigenvalue weighted by Crippen LogP contribution is 2.59. The van der Waals surface area contributed by atoms with E-state index in [-0.39, 0.29) is 29.7 Å².